The van der Waals surface area contributed by atoms with Gasteiger partial charge < -0.3 is 20.5 Å². The number of amides is 2. The number of alkyl halides is 3. The van der Waals surface area contributed by atoms with Crippen molar-refractivity contribution in [1.82, 2.24) is 10.6 Å². The molecule has 3 N–H and O–H groups in total. The van der Waals surface area contributed by atoms with Crippen LogP contribution in [0.3, 0.4) is 0 Å². The fraction of sp³-hybridized carbons (Fsp3) is 0.357. The normalized spacial score (nSPS) is 12.4. The summed E-state index contributed by atoms with van der Waals surface area (Å²) in [7, 11) is 0. The van der Waals surface area contributed by atoms with Gasteiger partial charge >= 0.3 is 12.2 Å². The lowest BCUT2D eigenvalue weighted by molar-refractivity contribution is -0.137. The third-order valence-corrected chi connectivity index (χ3v) is 2.53. The molecule has 0 spiro atoms. The zero-order chi connectivity index (χ0) is 16.6. The first kappa shape index (κ1) is 17.8. The van der Waals surface area contributed by atoms with Gasteiger partial charge in [-0.25, -0.2) is 4.79 Å². The summed E-state index contributed by atoms with van der Waals surface area (Å²) in [4.78, 5) is 11.2. The zero-order valence-electron chi connectivity index (χ0n) is 11.7. The monoisotopic (exact) mass is 318 g/mol. The Balaban J connectivity index is 2.33. The van der Waals surface area contributed by atoms with E-state index in [2.05, 4.69) is 17.2 Å². The predicted molar refractivity (Wildman–Crippen MR) is 74.5 cm³/mol. The van der Waals surface area contributed by atoms with Crippen LogP contribution in [0.2, 0.25) is 0 Å². The van der Waals surface area contributed by atoms with Crippen molar-refractivity contribution in [1.29, 1.82) is 0 Å². The van der Waals surface area contributed by atoms with E-state index in [4.69, 9.17) is 4.74 Å². The molecule has 2 amide bonds. The van der Waals surface area contributed by atoms with Gasteiger partial charge in [-0.15, -0.1) is 6.58 Å². The number of aliphatic hydroxyl groups excluding tert-OH is 1. The van der Waals surface area contributed by atoms with Crippen LogP contribution in [-0.2, 0) is 6.18 Å². The van der Waals surface area contributed by atoms with Gasteiger partial charge in [-0.05, 0) is 24.3 Å². The van der Waals surface area contributed by atoms with Gasteiger partial charge in [0.25, 0.3) is 0 Å². The van der Waals surface area contributed by atoms with Crippen LogP contribution >= 0.6 is 0 Å². The van der Waals surface area contributed by atoms with Crippen molar-refractivity contribution in [2.45, 2.75) is 12.3 Å². The number of carbonyl (C=O) groups is 1. The first-order valence-corrected chi connectivity index (χ1v) is 6.43. The highest BCUT2D eigenvalue weighted by Crippen LogP contribution is 2.30. The van der Waals surface area contributed by atoms with E-state index >= 15 is 0 Å². The third kappa shape index (κ3) is 6.49. The molecule has 0 heterocycles. The van der Waals surface area contributed by atoms with Crippen molar-refractivity contribution in [2.75, 3.05) is 19.7 Å². The summed E-state index contributed by atoms with van der Waals surface area (Å²) < 4.78 is 42.2. The zero-order valence-corrected chi connectivity index (χ0v) is 11.7. The Bertz CT molecular complexity index is 489. The summed E-state index contributed by atoms with van der Waals surface area (Å²) >= 11 is 0. The molecule has 0 aliphatic rings. The summed E-state index contributed by atoms with van der Waals surface area (Å²) in [6.45, 7) is 3.51. The molecular weight excluding hydrogens is 301 g/mol. The first-order valence-electron chi connectivity index (χ1n) is 6.43. The van der Waals surface area contributed by atoms with E-state index in [9.17, 15) is 23.1 Å². The molecule has 0 saturated heterocycles. The molecule has 0 aliphatic carbocycles. The molecule has 0 saturated carbocycles. The van der Waals surface area contributed by atoms with E-state index in [0.29, 0.717) is 6.54 Å². The quantitative estimate of drug-likeness (QED) is 0.673. The molecule has 0 unspecified atom stereocenters. The Morgan fingerprint density at radius 2 is 1.95 bits per heavy atom. The van der Waals surface area contributed by atoms with Gasteiger partial charge in [-0.2, -0.15) is 13.2 Å². The predicted octanol–water partition coefficient (Wildman–Crippen LogP) is 1.93. The van der Waals surface area contributed by atoms with Crippen molar-refractivity contribution in [3.05, 3.63) is 42.5 Å². The summed E-state index contributed by atoms with van der Waals surface area (Å²) in [5.41, 5.74) is -0.777. The van der Waals surface area contributed by atoms with Crippen LogP contribution in [-0.4, -0.2) is 36.9 Å². The molecule has 1 aromatic rings. The number of halogens is 3. The van der Waals surface area contributed by atoms with E-state index in [0.717, 1.165) is 12.1 Å². The lowest BCUT2D eigenvalue weighted by Crippen LogP contribution is -2.41. The Labute approximate surface area is 125 Å². The lowest BCUT2D eigenvalue weighted by atomic mass is 10.2. The Kier molecular flexibility index (Phi) is 6.71. The van der Waals surface area contributed by atoms with Crippen LogP contribution in [0.1, 0.15) is 5.56 Å². The molecule has 0 aliphatic heterocycles. The SMILES string of the molecule is C=CCNC(=O)NC[C@@H](O)COc1ccc(C(F)(F)F)cc1. The van der Waals surface area contributed by atoms with Gasteiger partial charge in [0.05, 0.1) is 5.56 Å². The van der Waals surface area contributed by atoms with E-state index in [-0.39, 0.29) is 18.9 Å². The standard InChI is InChI=1S/C14H17F3N2O3/c1-2-7-18-13(21)19-8-11(20)9-22-12-5-3-10(4-6-12)14(15,16)17/h2-6,11,20H,1,7-9H2,(H2,18,19,21)/t11-/m1/s1. The molecule has 0 radical (unpaired) electrons. The molecule has 8 heteroatoms. The second-order valence-electron chi connectivity index (χ2n) is 4.37. The lowest BCUT2D eigenvalue weighted by Gasteiger charge is -2.14. The summed E-state index contributed by atoms with van der Waals surface area (Å²) in [6, 6.07) is 3.65. The maximum absolute atomic E-state index is 12.4. The highest BCUT2D eigenvalue weighted by Gasteiger charge is 2.30. The van der Waals surface area contributed by atoms with Crippen molar-refractivity contribution in [3.63, 3.8) is 0 Å². The molecule has 1 rings (SSSR count). The van der Waals surface area contributed by atoms with Gasteiger partial charge in [-0.3, -0.25) is 0 Å². The second-order valence-corrected chi connectivity index (χ2v) is 4.37. The van der Waals surface area contributed by atoms with Crippen molar-refractivity contribution < 1.29 is 27.8 Å². The van der Waals surface area contributed by atoms with Crippen LogP contribution < -0.4 is 15.4 Å². The number of carbonyl (C=O) groups excluding carboxylic acids is 1. The highest BCUT2D eigenvalue weighted by molar-refractivity contribution is 5.73. The van der Waals surface area contributed by atoms with Crippen molar-refractivity contribution >= 4 is 6.03 Å². The molecule has 1 atom stereocenters. The molecular formula is C14H17F3N2O3. The topological polar surface area (TPSA) is 70.6 Å². The van der Waals surface area contributed by atoms with Gasteiger partial charge in [0.1, 0.15) is 18.5 Å². The number of ether oxygens (including phenoxy) is 1. The molecule has 5 nitrogen and oxygen atoms in total. The number of urea groups is 1. The summed E-state index contributed by atoms with van der Waals surface area (Å²) in [5.74, 6) is 0.197. The van der Waals surface area contributed by atoms with Gasteiger partial charge in [0, 0.05) is 13.1 Å². The van der Waals surface area contributed by atoms with Gasteiger partial charge in [0.2, 0.25) is 0 Å². The van der Waals surface area contributed by atoms with Crippen LogP contribution in [0.5, 0.6) is 5.75 Å². The minimum atomic E-state index is -4.40. The largest absolute Gasteiger partial charge is 0.491 e. The molecule has 0 aromatic heterocycles. The minimum absolute atomic E-state index is 0.0520. The minimum Gasteiger partial charge on any atom is -0.491 e. The van der Waals surface area contributed by atoms with E-state index in [1.807, 2.05) is 0 Å². The van der Waals surface area contributed by atoms with Gasteiger partial charge in [0.15, 0.2) is 0 Å². The number of benzene rings is 1. The van der Waals surface area contributed by atoms with Crippen LogP contribution in [0.15, 0.2) is 36.9 Å². The molecule has 0 bridgehead atoms. The Morgan fingerprint density at radius 3 is 2.50 bits per heavy atom. The molecule has 1 aromatic carbocycles. The van der Waals surface area contributed by atoms with Crippen LogP contribution in [0, 0.1) is 0 Å². The van der Waals surface area contributed by atoms with E-state index < -0.39 is 23.9 Å². The van der Waals surface area contributed by atoms with Crippen molar-refractivity contribution in [2.24, 2.45) is 0 Å². The summed E-state index contributed by atoms with van der Waals surface area (Å²) in [6.07, 6.45) is -3.89. The maximum Gasteiger partial charge on any atom is 0.416 e. The van der Waals surface area contributed by atoms with E-state index in [1.165, 1.54) is 18.2 Å². The Hall–Kier alpha value is -2.22. The molecule has 22 heavy (non-hydrogen) atoms. The van der Waals surface area contributed by atoms with Crippen LogP contribution in [0.25, 0.3) is 0 Å². The maximum atomic E-state index is 12.4. The number of rotatable bonds is 7. The third-order valence-electron chi connectivity index (χ3n) is 2.53. The fourth-order valence-corrected chi connectivity index (χ4v) is 1.43. The number of nitrogens with one attached hydrogen (secondary N) is 2. The number of hydrogen-bond donors (Lipinski definition) is 3. The van der Waals surface area contributed by atoms with Crippen LogP contribution in [0.4, 0.5) is 18.0 Å². The Morgan fingerprint density at radius 1 is 1.32 bits per heavy atom. The molecule has 0 fully saturated rings. The summed E-state index contributed by atoms with van der Waals surface area (Å²) in [5, 5.41) is 14.5. The molecule has 122 valence electrons. The number of hydrogen-bond acceptors (Lipinski definition) is 3. The average molecular weight is 318 g/mol. The van der Waals surface area contributed by atoms with E-state index in [1.54, 1.807) is 0 Å². The van der Waals surface area contributed by atoms with Gasteiger partial charge in [-0.1, -0.05) is 6.08 Å². The first-order chi connectivity index (χ1) is 10.3. The smallest absolute Gasteiger partial charge is 0.416 e. The number of aliphatic hydroxyl groups is 1. The second kappa shape index (κ2) is 8.28. The highest BCUT2D eigenvalue weighted by atomic mass is 19.4. The average Bonchev–Trinajstić information content (AvgIpc) is 2.48. The van der Waals surface area contributed by atoms with Crippen molar-refractivity contribution in [3.8, 4) is 5.75 Å². The fourth-order valence-electron chi connectivity index (χ4n) is 1.43.